The Bertz CT molecular complexity index is 527. The van der Waals surface area contributed by atoms with Gasteiger partial charge in [0, 0.05) is 5.02 Å². The van der Waals surface area contributed by atoms with E-state index in [0.29, 0.717) is 5.02 Å². The van der Waals surface area contributed by atoms with Crippen molar-refractivity contribution in [2.75, 3.05) is 6.61 Å². The number of carbonyl (C=O) groups excluding carboxylic acids is 1. The number of benzene rings is 1. The molecular formula is C15H20ClNO5. The highest BCUT2D eigenvalue weighted by Crippen LogP contribution is 2.15. The molecule has 122 valence electrons. The van der Waals surface area contributed by atoms with Crippen molar-refractivity contribution in [3.05, 3.63) is 34.9 Å². The number of carboxylic acid groups (broad SMARTS) is 1. The number of aliphatic carboxylic acids is 1. The molecule has 0 saturated carbocycles. The molecule has 0 aliphatic carbocycles. The summed E-state index contributed by atoms with van der Waals surface area (Å²) in [5, 5.41) is 11.9. The molecule has 0 saturated heterocycles. The SMILES string of the molecule is CC(C)(C)OC(=O)NC(COCc1ccccc1Cl)C(=O)O. The summed E-state index contributed by atoms with van der Waals surface area (Å²) in [6.45, 7) is 5.03. The molecule has 1 aromatic rings. The Balaban J connectivity index is 2.50. The van der Waals surface area contributed by atoms with Gasteiger partial charge in [0.25, 0.3) is 0 Å². The summed E-state index contributed by atoms with van der Waals surface area (Å²) in [7, 11) is 0. The Hall–Kier alpha value is -1.79. The Morgan fingerprint density at radius 3 is 2.50 bits per heavy atom. The van der Waals surface area contributed by atoms with Crippen molar-refractivity contribution in [1.29, 1.82) is 0 Å². The number of hydrogen-bond donors (Lipinski definition) is 2. The summed E-state index contributed by atoms with van der Waals surface area (Å²) >= 11 is 5.97. The van der Waals surface area contributed by atoms with Crippen molar-refractivity contribution >= 4 is 23.7 Å². The lowest BCUT2D eigenvalue weighted by molar-refractivity contribution is -0.141. The topological polar surface area (TPSA) is 84.9 Å². The number of alkyl carbamates (subject to hydrolysis) is 1. The van der Waals surface area contributed by atoms with Crippen LogP contribution in [0.2, 0.25) is 5.02 Å². The zero-order valence-electron chi connectivity index (χ0n) is 12.8. The third-order valence-corrected chi connectivity index (χ3v) is 2.86. The van der Waals surface area contributed by atoms with Crippen LogP contribution in [0.25, 0.3) is 0 Å². The van der Waals surface area contributed by atoms with E-state index in [-0.39, 0.29) is 13.2 Å². The quantitative estimate of drug-likeness (QED) is 0.838. The van der Waals surface area contributed by atoms with Crippen LogP contribution in [-0.4, -0.2) is 35.4 Å². The van der Waals surface area contributed by atoms with E-state index in [1.165, 1.54) is 0 Å². The fourth-order valence-corrected chi connectivity index (χ4v) is 1.72. The summed E-state index contributed by atoms with van der Waals surface area (Å²) in [5.41, 5.74) is 0.0385. The molecule has 2 N–H and O–H groups in total. The maximum absolute atomic E-state index is 11.6. The summed E-state index contributed by atoms with van der Waals surface area (Å²) in [6.07, 6.45) is -0.804. The van der Waals surface area contributed by atoms with Crippen molar-refractivity contribution in [2.45, 2.75) is 39.0 Å². The van der Waals surface area contributed by atoms with Gasteiger partial charge in [-0.15, -0.1) is 0 Å². The molecule has 0 fully saturated rings. The lowest BCUT2D eigenvalue weighted by atomic mass is 10.2. The molecule has 7 heteroatoms. The van der Waals surface area contributed by atoms with Gasteiger partial charge in [-0.3, -0.25) is 0 Å². The molecule has 0 spiro atoms. The van der Waals surface area contributed by atoms with E-state index in [9.17, 15) is 9.59 Å². The summed E-state index contributed by atoms with van der Waals surface area (Å²) < 4.78 is 10.3. The van der Waals surface area contributed by atoms with Crippen LogP contribution in [0.4, 0.5) is 4.79 Å². The minimum Gasteiger partial charge on any atom is -0.480 e. The molecule has 1 aromatic carbocycles. The van der Waals surface area contributed by atoms with Crippen LogP contribution >= 0.6 is 11.6 Å². The number of nitrogens with one attached hydrogen (secondary N) is 1. The number of amides is 1. The van der Waals surface area contributed by atoms with Crippen molar-refractivity contribution in [3.8, 4) is 0 Å². The van der Waals surface area contributed by atoms with Gasteiger partial charge in [0.05, 0.1) is 13.2 Å². The van der Waals surface area contributed by atoms with Gasteiger partial charge in [-0.05, 0) is 32.4 Å². The van der Waals surface area contributed by atoms with Gasteiger partial charge < -0.3 is 19.9 Å². The Labute approximate surface area is 134 Å². The minimum absolute atomic E-state index is 0.152. The number of hydrogen-bond acceptors (Lipinski definition) is 4. The first kappa shape index (κ1) is 18.3. The van der Waals surface area contributed by atoms with Crippen molar-refractivity contribution in [3.63, 3.8) is 0 Å². The van der Waals surface area contributed by atoms with E-state index in [1.54, 1.807) is 45.0 Å². The average Bonchev–Trinajstić information content (AvgIpc) is 2.37. The molecule has 1 unspecified atom stereocenters. The fourth-order valence-electron chi connectivity index (χ4n) is 1.53. The van der Waals surface area contributed by atoms with E-state index in [1.807, 2.05) is 0 Å². The number of carboxylic acids is 1. The first-order chi connectivity index (χ1) is 10.2. The second kappa shape index (κ2) is 8.00. The number of rotatable bonds is 6. The summed E-state index contributed by atoms with van der Waals surface area (Å²) in [6, 6.07) is 5.89. The minimum atomic E-state index is -1.20. The van der Waals surface area contributed by atoms with Gasteiger partial charge in [0.2, 0.25) is 0 Å². The Kier molecular flexibility index (Phi) is 6.64. The molecule has 1 amide bonds. The molecule has 0 heterocycles. The predicted octanol–water partition coefficient (Wildman–Crippen LogP) is 2.83. The first-order valence-corrected chi connectivity index (χ1v) is 7.10. The zero-order valence-corrected chi connectivity index (χ0v) is 13.5. The molecule has 0 aliphatic rings. The maximum Gasteiger partial charge on any atom is 0.408 e. The molecule has 1 rings (SSSR count). The van der Waals surface area contributed by atoms with Crippen molar-refractivity contribution in [1.82, 2.24) is 5.32 Å². The van der Waals surface area contributed by atoms with E-state index in [2.05, 4.69) is 5.32 Å². The van der Waals surface area contributed by atoms with Crippen LogP contribution in [0, 0.1) is 0 Å². The molecule has 22 heavy (non-hydrogen) atoms. The Morgan fingerprint density at radius 2 is 1.95 bits per heavy atom. The smallest absolute Gasteiger partial charge is 0.408 e. The van der Waals surface area contributed by atoms with Gasteiger partial charge in [0.1, 0.15) is 5.60 Å². The molecule has 0 radical (unpaired) electrons. The largest absolute Gasteiger partial charge is 0.480 e. The van der Waals surface area contributed by atoms with Crippen molar-refractivity contribution in [2.24, 2.45) is 0 Å². The maximum atomic E-state index is 11.6. The van der Waals surface area contributed by atoms with Crippen molar-refractivity contribution < 1.29 is 24.2 Å². The van der Waals surface area contributed by atoms with E-state index < -0.39 is 23.7 Å². The number of carbonyl (C=O) groups is 2. The lowest BCUT2D eigenvalue weighted by Gasteiger charge is -2.22. The second-order valence-corrected chi connectivity index (χ2v) is 6.05. The van der Waals surface area contributed by atoms with Crippen LogP contribution in [0.5, 0.6) is 0 Å². The van der Waals surface area contributed by atoms with Gasteiger partial charge in [-0.25, -0.2) is 9.59 Å². The summed E-state index contributed by atoms with van der Waals surface area (Å²) in [4.78, 5) is 22.7. The lowest BCUT2D eigenvalue weighted by Crippen LogP contribution is -2.46. The molecule has 6 nitrogen and oxygen atoms in total. The monoisotopic (exact) mass is 329 g/mol. The molecule has 0 aliphatic heterocycles. The molecule has 0 bridgehead atoms. The second-order valence-electron chi connectivity index (χ2n) is 5.64. The third-order valence-electron chi connectivity index (χ3n) is 2.49. The normalized spacial score (nSPS) is 12.5. The predicted molar refractivity (Wildman–Crippen MR) is 81.9 cm³/mol. The summed E-state index contributed by atoms with van der Waals surface area (Å²) in [5.74, 6) is -1.20. The zero-order chi connectivity index (χ0) is 16.8. The standard InChI is InChI=1S/C15H20ClNO5/c1-15(2,3)22-14(20)17-12(13(18)19)9-21-8-10-6-4-5-7-11(10)16/h4-7,12H,8-9H2,1-3H3,(H,17,20)(H,18,19). The highest BCUT2D eigenvalue weighted by Gasteiger charge is 2.24. The van der Waals surface area contributed by atoms with Crippen LogP contribution < -0.4 is 5.32 Å². The highest BCUT2D eigenvalue weighted by atomic mass is 35.5. The van der Waals surface area contributed by atoms with Crippen LogP contribution in [0.3, 0.4) is 0 Å². The number of halogens is 1. The van der Waals surface area contributed by atoms with Crippen LogP contribution in [0.1, 0.15) is 26.3 Å². The van der Waals surface area contributed by atoms with Crippen LogP contribution in [-0.2, 0) is 20.9 Å². The average molecular weight is 330 g/mol. The van der Waals surface area contributed by atoms with Gasteiger partial charge in [-0.2, -0.15) is 0 Å². The van der Waals surface area contributed by atoms with Gasteiger partial charge in [0.15, 0.2) is 6.04 Å². The van der Waals surface area contributed by atoms with Gasteiger partial charge in [-0.1, -0.05) is 29.8 Å². The van der Waals surface area contributed by atoms with E-state index >= 15 is 0 Å². The van der Waals surface area contributed by atoms with Crippen LogP contribution in [0.15, 0.2) is 24.3 Å². The van der Waals surface area contributed by atoms with E-state index in [0.717, 1.165) is 5.56 Å². The highest BCUT2D eigenvalue weighted by molar-refractivity contribution is 6.31. The van der Waals surface area contributed by atoms with Gasteiger partial charge >= 0.3 is 12.1 Å². The molecule has 0 aromatic heterocycles. The molecular weight excluding hydrogens is 310 g/mol. The molecule has 1 atom stereocenters. The number of ether oxygens (including phenoxy) is 2. The third kappa shape index (κ3) is 6.78. The van der Waals surface area contributed by atoms with E-state index in [4.69, 9.17) is 26.2 Å². The first-order valence-electron chi connectivity index (χ1n) is 6.72. The fraction of sp³-hybridized carbons (Fsp3) is 0.467. The Morgan fingerprint density at radius 1 is 1.32 bits per heavy atom.